The van der Waals surface area contributed by atoms with E-state index >= 15 is 0 Å². The Balaban J connectivity index is 1.65. The molecule has 34 heavy (non-hydrogen) atoms. The third-order valence-electron chi connectivity index (χ3n) is 6.36. The molecule has 1 amide bonds. The van der Waals surface area contributed by atoms with Crippen LogP contribution in [0.3, 0.4) is 0 Å². The van der Waals surface area contributed by atoms with E-state index in [1.54, 1.807) is 4.90 Å². The van der Waals surface area contributed by atoms with Crippen molar-refractivity contribution in [3.63, 3.8) is 0 Å². The van der Waals surface area contributed by atoms with Crippen molar-refractivity contribution in [1.82, 2.24) is 19.7 Å². The van der Waals surface area contributed by atoms with Crippen molar-refractivity contribution in [3.8, 4) is 0 Å². The van der Waals surface area contributed by atoms with Gasteiger partial charge in [-0.3, -0.25) is 0 Å². The molecule has 8 nitrogen and oxygen atoms in total. The first-order chi connectivity index (χ1) is 15.7. The molecule has 9 heteroatoms. The molecular formula is C25H43N5O3Si. The summed E-state index contributed by atoms with van der Waals surface area (Å²) in [6.07, 6.45) is 4.39. The third kappa shape index (κ3) is 6.72. The lowest BCUT2D eigenvalue weighted by atomic mass is 9.78. The smallest absolute Gasteiger partial charge is 0.410 e. The van der Waals surface area contributed by atoms with Crippen LogP contribution in [0.5, 0.6) is 0 Å². The monoisotopic (exact) mass is 489 g/mol. The Morgan fingerprint density at radius 1 is 1.26 bits per heavy atom. The largest absolute Gasteiger partial charge is 0.444 e. The molecule has 0 N–H and O–H groups in total. The number of piperidine rings is 1. The molecule has 0 aromatic carbocycles. The lowest BCUT2D eigenvalue weighted by Gasteiger charge is -2.48. The molecular weight excluding hydrogens is 446 g/mol. The van der Waals surface area contributed by atoms with Gasteiger partial charge in [-0.05, 0) is 39.3 Å². The maximum absolute atomic E-state index is 12.7. The average Bonchev–Trinajstić information content (AvgIpc) is 3.10. The van der Waals surface area contributed by atoms with E-state index in [-0.39, 0.29) is 17.6 Å². The standard InChI is InChI=1S/C25H43N5O3Si/c1-24(2,3)33-23(31)28(6)21-10-11-29(17-25(21,4)5)20-14-19-15-27-30(22(19)26-16-20)18-32-12-13-34(7,8)9/h14-16,21H,10-13,17-18H2,1-9H3. The zero-order valence-corrected chi connectivity index (χ0v) is 23.5. The van der Waals surface area contributed by atoms with Gasteiger partial charge in [0.2, 0.25) is 0 Å². The Morgan fingerprint density at radius 3 is 2.59 bits per heavy atom. The van der Waals surface area contributed by atoms with Crippen LogP contribution >= 0.6 is 0 Å². The molecule has 2 aromatic heterocycles. The van der Waals surface area contributed by atoms with Crippen LogP contribution in [0, 0.1) is 5.41 Å². The van der Waals surface area contributed by atoms with Gasteiger partial charge in [-0.25, -0.2) is 14.5 Å². The Hall–Kier alpha value is -2.13. The van der Waals surface area contributed by atoms with E-state index in [4.69, 9.17) is 14.5 Å². The van der Waals surface area contributed by atoms with Gasteiger partial charge in [0.05, 0.1) is 18.1 Å². The number of hydrogen-bond acceptors (Lipinski definition) is 6. The highest BCUT2D eigenvalue weighted by Crippen LogP contribution is 2.36. The van der Waals surface area contributed by atoms with Crippen molar-refractivity contribution in [2.75, 3.05) is 31.6 Å². The number of nitrogens with zero attached hydrogens (tertiary/aromatic N) is 5. The number of carbonyl (C=O) groups is 1. The van der Waals surface area contributed by atoms with Crippen LogP contribution in [0.25, 0.3) is 11.0 Å². The van der Waals surface area contributed by atoms with Crippen LogP contribution < -0.4 is 4.90 Å². The molecule has 0 bridgehead atoms. The molecule has 0 radical (unpaired) electrons. The predicted molar refractivity (Wildman–Crippen MR) is 140 cm³/mol. The van der Waals surface area contributed by atoms with E-state index in [9.17, 15) is 4.79 Å². The number of ether oxygens (including phenoxy) is 2. The average molecular weight is 490 g/mol. The van der Waals surface area contributed by atoms with E-state index in [1.807, 2.05) is 44.9 Å². The quantitative estimate of drug-likeness (QED) is 0.392. The molecule has 1 unspecified atom stereocenters. The summed E-state index contributed by atoms with van der Waals surface area (Å²) in [6.45, 7) is 20.0. The first kappa shape index (κ1) is 26.5. The molecule has 1 fully saturated rings. The molecule has 3 rings (SSSR count). The highest BCUT2D eigenvalue weighted by atomic mass is 28.3. The molecule has 1 saturated heterocycles. The SMILES string of the molecule is CN(C(=O)OC(C)(C)C)C1CCN(c2cnc3c(cnn3COCC[Si](C)(C)C)c2)CC1(C)C. The highest BCUT2D eigenvalue weighted by Gasteiger charge is 2.41. The zero-order chi connectivity index (χ0) is 25.3. The van der Waals surface area contributed by atoms with Crippen molar-refractivity contribution in [2.24, 2.45) is 5.41 Å². The molecule has 1 aliphatic heterocycles. The van der Waals surface area contributed by atoms with Crippen molar-refractivity contribution < 1.29 is 14.3 Å². The minimum atomic E-state index is -1.11. The first-order valence-corrected chi connectivity index (χ1v) is 16.0. The predicted octanol–water partition coefficient (Wildman–Crippen LogP) is 5.22. The fourth-order valence-corrected chi connectivity index (χ4v) is 5.26. The van der Waals surface area contributed by atoms with Crippen molar-refractivity contribution in [2.45, 2.75) is 85.1 Å². The van der Waals surface area contributed by atoms with Gasteiger partial charge < -0.3 is 19.3 Å². The van der Waals surface area contributed by atoms with Gasteiger partial charge in [0, 0.05) is 51.7 Å². The summed E-state index contributed by atoms with van der Waals surface area (Å²) in [5.74, 6) is 0. The summed E-state index contributed by atoms with van der Waals surface area (Å²) in [4.78, 5) is 21.5. The molecule has 3 heterocycles. The second-order valence-corrected chi connectivity index (χ2v) is 18.0. The summed E-state index contributed by atoms with van der Waals surface area (Å²) in [5.41, 5.74) is 1.32. The van der Waals surface area contributed by atoms with E-state index in [2.05, 4.69) is 49.6 Å². The normalized spacial score (nSPS) is 18.9. The number of fused-ring (bicyclic) bond motifs is 1. The number of pyridine rings is 1. The first-order valence-electron chi connectivity index (χ1n) is 12.3. The number of rotatable bonds is 7. The topological polar surface area (TPSA) is 72.7 Å². The number of aromatic nitrogens is 3. The minimum absolute atomic E-state index is 0.103. The fourth-order valence-electron chi connectivity index (χ4n) is 4.50. The maximum Gasteiger partial charge on any atom is 0.410 e. The molecule has 1 atom stereocenters. The number of carbonyl (C=O) groups excluding carboxylic acids is 1. The Morgan fingerprint density at radius 2 is 1.97 bits per heavy atom. The van der Waals surface area contributed by atoms with Crippen LogP contribution in [0.15, 0.2) is 18.5 Å². The molecule has 190 valence electrons. The van der Waals surface area contributed by atoms with Crippen LogP contribution in [0.4, 0.5) is 10.5 Å². The van der Waals surface area contributed by atoms with Crippen LogP contribution in [-0.4, -0.2) is 72.2 Å². The van der Waals surface area contributed by atoms with Crippen molar-refractivity contribution in [3.05, 3.63) is 18.5 Å². The molecule has 0 spiro atoms. The molecule has 0 aliphatic carbocycles. The second-order valence-electron chi connectivity index (χ2n) is 12.4. The second kappa shape index (κ2) is 9.85. The van der Waals surface area contributed by atoms with Gasteiger partial charge in [0.25, 0.3) is 0 Å². The van der Waals surface area contributed by atoms with Crippen LogP contribution in [-0.2, 0) is 16.2 Å². The molecule has 2 aromatic rings. The fraction of sp³-hybridized carbons (Fsp3) is 0.720. The highest BCUT2D eigenvalue weighted by molar-refractivity contribution is 6.76. The lowest BCUT2D eigenvalue weighted by molar-refractivity contribution is 0.00432. The summed E-state index contributed by atoms with van der Waals surface area (Å²) in [5, 5.41) is 5.50. The Bertz CT molecular complexity index is 993. The number of hydrogen-bond donors (Lipinski definition) is 0. The van der Waals surface area contributed by atoms with Gasteiger partial charge in [-0.15, -0.1) is 0 Å². The number of amides is 1. The van der Waals surface area contributed by atoms with Gasteiger partial charge in [0.1, 0.15) is 12.3 Å². The van der Waals surface area contributed by atoms with Gasteiger partial charge in [-0.1, -0.05) is 33.5 Å². The molecule has 0 saturated carbocycles. The van der Waals surface area contributed by atoms with Crippen molar-refractivity contribution >= 4 is 30.9 Å². The van der Waals surface area contributed by atoms with Gasteiger partial charge in [-0.2, -0.15) is 5.10 Å². The summed E-state index contributed by atoms with van der Waals surface area (Å²) >= 11 is 0. The van der Waals surface area contributed by atoms with Crippen molar-refractivity contribution in [1.29, 1.82) is 0 Å². The lowest BCUT2D eigenvalue weighted by Crippen LogP contribution is -2.56. The summed E-state index contributed by atoms with van der Waals surface area (Å²) in [6, 6.07) is 3.40. The van der Waals surface area contributed by atoms with E-state index in [1.165, 1.54) is 0 Å². The van der Waals surface area contributed by atoms with Crippen LogP contribution in [0.1, 0.15) is 41.0 Å². The summed E-state index contributed by atoms with van der Waals surface area (Å²) in [7, 11) is 0.746. The molecule has 1 aliphatic rings. The van der Waals surface area contributed by atoms with Crippen LogP contribution in [0.2, 0.25) is 25.7 Å². The minimum Gasteiger partial charge on any atom is -0.444 e. The summed E-state index contributed by atoms with van der Waals surface area (Å²) < 4.78 is 13.3. The van der Waals surface area contributed by atoms with Gasteiger partial charge in [0.15, 0.2) is 5.65 Å². The van der Waals surface area contributed by atoms with Gasteiger partial charge >= 0.3 is 6.09 Å². The Labute approximate surface area is 205 Å². The zero-order valence-electron chi connectivity index (χ0n) is 22.5. The van der Waals surface area contributed by atoms with E-state index in [0.717, 1.165) is 48.9 Å². The van der Waals surface area contributed by atoms with E-state index in [0.29, 0.717) is 6.73 Å². The third-order valence-corrected chi connectivity index (χ3v) is 8.06. The maximum atomic E-state index is 12.7. The Kier molecular flexibility index (Phi) is 7.67. The van der Waals surface area contributed by atoms with E-state index < -0.39 is 13.7 Å². The number of anilines is 1.